The topological polar surface area (TPSA) is 74.2 Å². The molecule has 0 radical (unpaired) electrons. The van der Waals surface area contributed by atoms with E-state index in [4.69, 9.17) is 4.42 Å². The second kappa shape index (κ2) is 6.27. The van der Waals surface area contributed by atoms with Crippen LogP contribution in [-0.4, -0.2) is 34.9 Å². The van der Waals surface area contributed by atoms with E-state index in [0.29, 0.717) is 18.3 Å². The Morgan fingerprint density at radius 1 is 1.24 bits per heavy atom. The molecule has 2 N–H and O–H groups in total. The number of carbonyl (C=O) groups excluding carboxylic acids is 1. The minimum atomic E-state index is -0.0529. The van der Waals surface area contributed by atoms with E-state index >= 15 is 0 Å². The maximum Gasteiger partial charge on any atom is 0.296 e. The summed E-state index contributed by atoms with van der Waals surface area (Å²) in [5, 5.41) is 3.16. The smallest absolute Gasteiger partial charge is 0.296 e. The summed E-state index contributed by atoms with van der Waals surface area (Å²) in [4.78, 5) is 21.1. The molecule has 2 aromatic heterocycles. The molecule has 0 bridgehead atoms. The van der Waals surface area contributed by atoms with Gasteiger partial charge in [-0.3, -0.25) is 4.79 Å². The summed E-state index contributed by atoms with van der Waals surface area (Å²) in [6, 6.07) is 10.2. The first kappa shape index (κ1) is 17.1. The van der Waals surface area contributed by atoms with Crippen LogP contribution in [0.5, 0.6) is 0 Å². The average molecular weight is 340 g/mol. The molecule has 6 nitrogen and oxygen atoms in total. The summed E-state index contributed by atoms with van der Waals surface area (Å²) in [7, 11) is 3.45. The molecule has 0 aliphatic carbocycles. The molecule has 0 fully saturated rings. The summed E-state index contributed by atoms with van der Waals surface area (Å²) < 4.78 is 5.74. The van der Waals surface area contributed by atoms with Gasteiger partial charge in [-0.1, -0.05) is 26.8 Å². The van der Waals surface area contributed by atoms with Crippen molar-refractivity contribution in [1.29, 1.82) is 0 Å². The molecule has 1 aromatic carbocycles. The Bertz CT molecular complexity index is 900. The van der Waals surface area contributed by atoms with Crippen LogP contribution in [0.25, 0.3) is 11.1 Å². The number of benzene rings is 1. The SMILES string of the molecule is CN(C)C(=O)c1ccc(CNc2nc3cc(C(C)(C)C)ccc3o2)[nH]1. The van der Waals surface area contributed by atoms with E-state index in [1.807, 2.05) is 12.1 Å². The molecule has 0 spiro atoms. The number of rotatable bonds is 4. The van der Waals surface area contributed by atoms with Crippen molar-refractivity contribution in [3.8, 4) is 0 Å². The molecule has 6 heteroatoms. The lowest BCUT2D eigenvalue weighted by molar-refractivity contribution is 0.0822. The van der Waals surface area contributed by atoms with Gasteiger partial charge in [-0.25, -0.2) is 0 Å². The van der Waals surface area contributed by atoms with Crippen LogP contribution in [0.3, 0.4) is 0 Å². The third-order valence-electron chi connectivity index (χ3n) is 4.07. The second-order valence-electron chi connectivity index (χ2n) is 7.40. The van der Waals surface area contributed by atoms with Crippen molar-refractivity contribution in [2.45, 2.75) is 32.7 Å². The summed E-state index contributed by atoms with van der Waals surface area (Å²) >= 11 is 0. The Kier molecular flexibility index (Phi) is 4.29. The number of hydrogen-bond acceptors (Lipinski definition) is 4. The molecule has 0 saturated carbocycles. The van der Waals surface area contributed by atoms with Gasteiger partial charge >= 0.3 is 0 Å². The fourth-order valence-corrected chi connectivity index (χ4v) is 2.55. The minimum absolute atomic E-state index is 0.0529. The average Bonchev–Trinajstić information content (AvgIpc) is 3.16. The lowest BCUT2D eigenvalue weighted by atomic mass is 9.87. The van der Waals surface area contributed by atoms with Gasteiger partial charge < -0.3 is 19.6 Å². The normalized spacial score (nSPS) is 11.7. The van der Waals surface area contributed by atoms with Crippen LogP contribution in [0.4, 0.5) is 6.01 Å². The summed E-state index contributed by atoms with van der Waals surface area (Å²) in [6.45, 7) is 7.02. The predicted octanol–water partition coefficient (Wildman–Crippen LogP) is 3.77. The lowest BCUT2D eigenvalue weighted by Crippen LogP contribution is -2.22. The minimum Gasteiger partial charge on any atom is -0.424 e. The number of H-pyrrole nitrogens is 1. The molecule has 0 unspecified atom stereocenters. The highest BCUT2D eigenvalue weighted by atomic mass is 16.4. The molecular weight excluding hydrogens is 316 g/mol. The van der Waals surface area contributed by atoms with Crippen molar-refractivity contribution < 1.29 is 9.21 Å². The van der Waals surface area contributed by atoms with Crippen molar-refractivity contribution in [1.82, 2.24) is 14.9 Å². The van der Waals surface area contributed by atoms with Crippen LogP contribution < -0.4 is 5.32 Å². The first-order valence-electron chi connectivity index (χ1n) is 8.28. The Labute approximate surface area is 147 Å². The van der Waals surface area contributed by atoms with E-state index in [2.05, 4.69) is 48.2 Å². The summed E-state index contributed by atoms with van der Waals surface area (Å²) in [5.41, 5.74) is 4.34. The van der Waals surface area contributed by atoms with Gasteiger partial charge in [-0.15, -0.1) is 0 Å². The zero-order valence-electron chi connectivity index (χ0n) is 15.3. The number of oxazole rings is 1. The van der Waals surface area contributed by atoms with Gasteiger partial charge in [-0.05, 0) is 35.2 Å². The summed E-state index contributed by atoms with van der Waals surface area (Å²) in [5.74, 6) is -0.0529. The predicted molar refractivity (Wildman–Crippen MR) is 98.8 cm³/mol. The Morgan fingerprint density at radius 3 is 2.68 bits per heavy atom. The van der Waals surface area contributed by atoms with Crippen LogP contribution in [0.15, 0.2) is 34.7 Å². The van der Waals surface area contributed by atoms with Crippen molar-refractivity contribution in [3.05, 3.63) is 47.3 Å². The summed E-state index contributed by atoms with van der Waals surface area (Å²) in [6.07, 6.45) is 0. The Balaban J connectivity index is 1.72. The van der Waals surface area contributed by atoms with E-state index < -0.39 is 0 Å². The number of nitrogens with zero attached hydrogens (tertiary/aromatic N) is 2. The molecule has 0 aliphatic heterocycles. The largest absolute Gasteiger partial charge is 0.424 e. The van der Waals surface area contributed by atoms with E-state index in [-0.39, 0.29) is 11.3 Å². The van der Waals surface area contributed by atoms with Crippen LogP contribution >= 0.6 is 0 Å². The lowest BCUT2D eigenvalue weighted by Gasteiger charge is -2.18. The molecule has 0 saturated heterocycles. The third kappa shape index (κ3) is 3.68. The van der Waals surface area contributed by atoms with Gasteiger partial charge in [0, 0.05) is 19.8 Å². The molecular formula is C19H24N4O2. The first-order chi connectivity index (χ1) is 11.7. The zero-order valence-corrected chi connectivity index (χ0v) is 15.3. The van der Waals surface area contributed by atoms with E-state index in [1.165, 1.54) is 10.5 Å². The molecule has 0 atom stereocenters. The number of aromatic nitrogens is 2. The van der Waals surface area contributed by atoms with Gasteiger partial charge in [0.25, 0.3) is 11.9 Å². The van der Waals surface area contributed by atoms with Crippen LogP contribution in [0.2, 0.25) is 0 Å². The monoisotopic (exact) mass is 340 g/mol. The molecule has 1 amide bonds. The van der Waals surface area contributed by atoms with E-state index in [9.17, 15) is 4.79 Å². The second-order valence-corrected chi connectivity index (χ2v) is 7.40. The maximum atomic E-state index is 11.9. The highest BCUT2D eigenvalue weighted by molar-refractivity contribution is 5.92. The molecule has 0 aliphatic rings. The molecule has 3 rings (SSSR count). The van der Waals surface area contributed by atoms with Crippen molar-refractivity contribution in [3.63, 3.8) is 0 Å². The van der Waals surface area contributed by atoms with Gasteiger partial charge in [0.05, 0.1) is 6.54 Å². The molecule has 3 aromatic rings. The van der Waals surface area contributed by atoms with Crippen molar-refractivity contribution in [2.24, 2.45) is 0 Å². The van der Waals surface area contributed by atoms with Crippen LogP contribution in [0, 0.1) is 0 Å². The first-order valence-corrected chi connectivity index (χ1v) is 8.28. The van der Waals surface area contributed by atoms with E-state index in [0.717, 1.165) is 16.8 Å². The number of amides is 1. The fourth-order valence-electron chi connectivity index (χ4n) is 2.55. The number of aromatic amines is 1. The van der Waals surface area contributed by atoms with Gasteiger partial charge in [0.2, 0.25) is 0 Å². The van der Waals surface area contributed by atoms with Crippen LogP contribution in [-0.2, 0) is 12.0 Å². The Morgan fingerprint density at radius 2 is 2.00 bits per heavy atom. The molecule has 2 heterocycles. The van der Waals surface area contributed by atoms with E-state index in [1.54, 1.807) is 20.2 Å². The number of carbonyl (C=O) groups is 1. The standard InChI is InChI=1S/C19H24N4O2/c1-19(2,3)12-6-9-16-15(10-12)22-18(25-16)20-11-13-7-8-14(21-13)17(24)23(4)5/h6-10,21H,11H2,1-5H3,(H,20,22). The number of anilines is 1. The molecule has 25 heavy (non-hydrogen) atoms. The molecule has 132 valence electrons. The van der Waals surface area contributed by atoms with Gasteiger partial charge in [0.1, 0.15) is 11.2 Å². The number of fused-ring (bicyclic) bond motifs is 1. The maximum absolute atomic E-state index is 11.9. The number of nitrogens with one attached hydrogen (secondary N) is 2. The highest BCUT2D eigenvalue weighted by Crippen LogP contribution is 2.27. The fraction of sp³-hybridized carbons (Fsp3) is 0.368. The van der Waals surface area contributed by atoms with Gasteiger partial charge in [0.15, 0.2) is 5.58 Å². The zero-order chi connectivity index (χ0) is 18.2. The third-order valence-corrected chi connectivity index (χ3v) is 4.07. The van der Waals surface area contributed by atoms with Crippen molar-refractivity contribution >= 4 is 23.0 Å². The highest BCUT2D eigenvalue weighted by Gasteiger charge is 2.16. The number of hydrogen-bond donors (Lipinski definition) is 2. The van der Waals surface area contributed by atoms with Crippen molar-refractivity contribution in [2.75, 3.05) is 19.4 Å². The van der Waals surface area contributed by atoms with Crippen LogP contribution in [0.1, 0.15) is 42.5 Å². The quantitative estimate of drug-likeness (QED) is 0.758. The Hall–Kier alpha value is -2.76. The van der Waals surface area contributed by atoms with Gasteiger partial charge in [-0.2, -0.15) is 4.98 Å².